The van der Waals surface area contributed by atoms with Gasteiger partial charge in [0.2, 0.25) is 0 Å². The summed E-state index contributed by atoms with van der Waals surface area (Å²) in [6.07, 6.45) is 2.45. The SMILES string of the molecule is CC1CCCN(c2cccc(Br)c2/C(N)=N/O)C1. The van der Waals surface area contributed by atoms with Gasteiger partial charge in [-0.3, -0.25) is 0 Å². The molecule has 0 saturated carbocycles. The smallest absolute Gasteiger partial charge is 0.173 e. The summed E-state index contributed by atoms with van der Waals surface area (Å²) < 4.78 is 0.855. The summed E-state index contributed by atoms with van der Waals surface area (Å²) in [6.45, 7) is 4.29. The summed E-state index contributed by atoms with van der Waals surface area (Å²) in [5, 5.41) is 12.0. The third-order valence-corrected chi connectivity index (χ3v) is 4.01. The second-order valence-corrected chi connectivity index (χ2v) is 5.67. The summed E-state index contributed by atoms with van der Waals surface area (Å²) in [5.41, 5.74) is 7.59. The number of nitrogens with two attached hydrogens (primary N) is 1. The molecule has 1 heterocycles. The van der Waals surface area contributed by atoms with Crippen LogP contribution in [0.3, 0.4) is 0 Å². The molecular weight excluding hydrogens is 294 g/mol. The minimum absolute atomic E-state index is 0.149. The van der Waals surface area contributed by atoms with Crippen LogP contribution >= 0.6 is 15.9 Å². The van der Waals surface area contributed by atoms with Gasteiger partial charge in [0.25, 0.3) is 0 Å². The largest absolute Gasteiger partial charge is 0.409 e. The van der Waals surface area contributed by atoms with Crippen LogP contribution in [-0.4, -0.2) is 24.1 Å². The zero-order valence-corrected chi connectivity index (χ0v) is 12.0. The maximum atomic E-state index is 8.91. The van der Waals surface area contributed by atoms with E-state index in [1.165, 1.54) is 12.8 Å². The molecule has 0 amide bonds. The Hall–Kier alpha value is -1.23. The lowest BCUT2D eigenvalue weighted by molar-refractivity contribution is 0.318. The first-order valence-electron chi connectivity index (χ1n) is 6.15. The Morgan fingerprint density at radius 2 is 2.33 bits per heavy atom. The van der Waals surface area contributed by atoms with Gasteiger partial charge in [-0.25, -0.2) is 0 Å². The molecule has 1 aliphatic heterocycles. The van der Waals surface area contributed by atoms with E-state index in [9.17, 15) is 0 Å². The summed E-state index contributed by atoms with van der Waals surface area (Å²) >= 11 is 3.47. The number of rotatable bonds is 2. The van der Waals surface area contributed by atoms with Crippen LogP contribution in [0.25, 0.3) is 0 Å². The quantitative estimate of drug-likeness (QED) is 0.382. The number of anilines is 1. The molecule has 3 N–H and O–H groups in total. The van der Waals surface area contributed by atoms with E-state index >= 15 is 0 Å². The number of oxime groups is 1. The van der Waals surface area contributed by atoms with Crippen LogP contribution < -0.4 is 10.6 Å². The first-order valence-corrected chi connectivity index (χ1v) is 6.94. The van der Waals surface area contributed by atoms with Crippen molar-refractivity contribution in [2.24, 2.45) is 16.8 Å². The average molecular weight is 312 g/mol. The van der Waals surface area contributed by atoms with Gasteiger partial charge in [-0.1, -0.05) is 18.1 Å². The summed E-state index contributed by atoms with van der Waals surface area (Å²) in [5.74, 6) is 0.827. The van der Waals surface area contributed by atoms with E-state index in [2.05, 4.69) is 32.9 Å². The van der Waals surface area contributed by atoms with E-state index in [-0.39, 0.29) is 5.84 Å². The normalized spacial score (nSPS) is 21.1. The summed E-state index contributed by atoms with van der Waals surface area (Å²) in [6, 6.07) is 5.91. The second kappa shape index (κ2) is 5.61. The molecule has 1 aromatic rings. The van der Waals surface area contributed by atoms with E-state index < -0.39 is 0 Å². The minimum atomic E-state index is 0.149. The highest BCUT2D eigenvalue weighted by Crippen LogP contribution is 2.30. The van der Waals surface area contributed by atoms with Crippen LogP contribution in [0.15, 0.2) is 27.8 Å². The number of hydrogen-bond acceptors (Lipinski definition) is 3. The van der Waals surface area contributed by atoms with Crippen molar-refractivity contribution < 1.29 is 5.21 Å². The average Bonchev–Trinajstić information content (AvgIpc) is 2.37. The first kappa shape index (κ1) is 13.2. The molecule has 5 heteroatoms. The van der Waals surface area contributed by atoms with E-state index in [0.717, 1.165) is 28.8 Å². The number of amidine groups is 1. The molecule has 0 radical (unpaired) electrons. The van der Waals surface area contributed by atoms with Crippen LogP contribution in [0.1, 0.15) is 25.3 Å². The fraction of sp³-hybridized carbons (Fsp3) is 0.462. The molecule has 1 aliphatic rings. The third kappa shape index (κ3) is 2.61. The Labute approximate surface area is 116 Å². The molecule has 0 aliphatic carbocycles. The maximum Gasteiger partial charge on any atom is 0.173 e. The summed E-state index contributed by atoms with van der Waals surface area (Å²) in [4.78, 5) is 2.31. The predicted molar refractivity (Wildman–Crippen MR) is 77.3 cm³/mol. The fourth-order valence-electron chi connectivity index (χ4n) is 2.49. The Morgan fingerprint density at radius 3 is 3.00 bits per heavy atom. The van der Waals surface area contributed by atoms with Gasteiger partial charge in [-0.05, 0) is 46.8 Å². The molecule has 1 saturated heterocycles. The van der Waals surface area contributed by atoms with Crippen molar-refractivity contribution in [2.45, 2.75) is 19.8 Å². The highest BCUT2D eigenvalue weighted by atomic mass is 79.9. The van der Waals surface area contributed by atoms with Crippen molar-refractivity contribution in [1.29, 1.82) is 0 Å². The lowest BCUT2D eigenvalue weighted by Gasteiger charge is -2.34. The van der Waals surface area contributed by atoms with E-state index in [0.29, 0.717) is 5.92 Å². The minimum Gasteiger partial charge on any atom is -0.409 e. The van der Waals surface area contributed by atoms with E-state index in [4.69, 9.17) is 10.9 Å². The van der Waals surface area contributed by atoms with Gasteiger partial charge in [-0.2, -0.15) is 0 Å². The van der Waals surface area contributed by atoms with Gasteiger partial charge >= 0.3 is 0 Å². The van der Waals surface area contributed by atoms with Gasteiger partial charge in [0.05, 0.1) is 5.56 Å². The summed E-state index contributed by atoms with van der Waals surface area (Å²) in [7, 11) is 0. The number of piperidine rings is 1. The maximum absolute atomic E-state index is 8.91. The van der Waals surface area contributed by atoms with Crippen LogP contribution in [-0.2, 0) is 0 Å². The molecule has 0 spiro atoms. The second-order valence-electron chi connectivity index (χ2n) is 4.81. The van der Waals surface area contributed by atoms with Crippen LogP contribution in [0.4, 0.5) is 5.69 Å². The molecular formula is C13H18BrN3O. The Balaban J connectivity index is 2.40. The topological polar surface area (TPSA) is 61.8 Å². The zero-order valence-electron chi connectivity index (χ0n) is 10.4. The lowest BCUT2D eigenvalue weighted by Crippen LogP contribution is -2.35. The molecule has 2 rings (SSSR count). The lowest BCUT2D eigenvalue weighted by atomic mass is 9.98. The third-order valence-electron chi connectivity index (χ3n) is 3.35. The Morgan fingerprint density at radius 1 is 1.56 bits per heavy atom. The van der Waals surface area contributed by atoms with Crippen LogP contribution in [0.2, 0.25) is 0 Å². The van der Waals surface area contributed by atoms with Crippen molar-refractivity contribution >= 4 is 27.5 Å². The molecule has 98 valence electrons. The van der Waals surface area contributed by atoms with Crippen molar-refractivity contribution in [3.05, 3.63) is 28.2 Å². The predicted octanol–water partition coefficient (Wildman–Crippen LogP) is 2.78. The van der Waals surface area contributed by atoms with Gasteiger partial charge in [-0.15, -0.1) is 0 Å². The molecule has 1 aromatic carbocycles. The number of hydrogen-bond donors (Lipinski definition) is 2. The van der Waals surface area contributed by atoms with Crippen LogP contribution in [0, 0.1) is 5.92 Å². The monoisotopic (exact) mass is 311 g/mol. The Bertz CT molecular complexity index is 462. The number of nitrogens with zero attached hydrogens (tertiary/aromatic N) is 2. The molecule has 1 unspecified atom stereocenters. The standard InChI is InChI=1S/C13H18BrN3O/c1-9-4-3-7-17(8-9)11-6-2-5-10(14)12(11)13(15)16-18/h2,5-6,9,18H,3-4,7-8H2,1H3,(H2,15,16). The zero-order chi connectivity index (χ0) is 13.1. The van der Waals surface area contributed by atoms with Crippen molar-refractivity contribution in [2.75, 3.05) is 18.0 Å². The molecule has 18 heavy (non-hydrogen) atoms. The highest BCUT2D eigenvalue weighted by molar-refractivity contribution is 9.10. The van der Waals surface area contributed by atoms with Gasteiger partial charge in [0.15, 0.2) is 5.84 Å². The molecule has 0 bridgehead atoms. The highest BCUT2D eigenvalue weighted by Gasteiger charge is 2.21. The first-order chi connectivity index (χ1) is 8.63. The van der Waals surface area contributed by atoms with Crippen molar-refractivity contribution in [3.8, 4) is 0 Å². The molecule has 1 fully saturated rings. The Kier molecular flexibility index (Phi) is 4.11. The number of benzene rings is 1. The molecule has 4 nitrogen and oxygen atoms in total. The molecule has 1 atom stereocenters. The van der Waals surface area contributed by atoms with Crippen molar-refractivity contribution in [3.63, 3.8) is 0 Å². The molecule has 0 aromatic heterocycles. The fourth-order valence-corrected chi connectivity index (χ4v) is 3.05. The van der Waals surface area contributed by atoms with Crippen LogP contribution in [0.5, 0.6) is 0 Å². The van der Waals surface area contributed by atoms with Gasteiger partial charge < -0.3 is 15.8 Å². The van der Waals surface area contributed by atoms with E-state index in [1.807, 2.05) is 18.2 Å². The number of halogens is 1. The van der Waals surface area contributed by atoms with Gasteiger partial charge in [0.1, 0.15) is 0 Å². The van der Waals surface area contributed by atoms with Crippen molar-refractivity contribution in [1.82, 2.24) is 0 Å². The van der Waals surface area contributed by atoms with Gasteiger partial charge in [0, 0.05) is 23.2 Å². The van der Waals surface area contributed by atoms with E-state index in [1.54, 1.807) is 0 Å².